The molecule has 0 aromatic heterocycles. The molecule has 0 atom stereocenters. The molecular formula is C11H14NO+. The molecule has 68 valence electrons. The summed E-state index contributed by atoms with van der Waals surface area (Å²) in [5.41, 5.74) is 2.45. The molecule has 0 amide bonds. The van der Waals surface area contributed by atoms with Crippen molar-refractivity contribution in [2.75, 3.05) is 20.2 Å². The Bertz CT molecular complexity index is 338. The van der Waals surface area contributed by atoms with Gasteiger partial charge in [-0.05, 0) is 19.1 Å². The molecular weight excluding hydrogens is 162 g/mol. The maximum atomic E-state index is 5.53. The molecule has 0 N–H and O–H groups in total. The lowest BCUT2D eigenvalue weighted by molar-refractivity contribution is -0.486. The first-order valence-electron chi connectivity index (χ1n) is 4.55. The highest BCUT2D eigenvalue weighted by Gasteiger charge is 2.21. The third-order valence-corrected chi connectivity index (χ3v) is 2.31. The average Bonchev–Trinajstić information content (AvgIpc) is 2.53. The highest BCUT2D eigenvalue weighted by atomic mass is 16.5. The van der Waals surface area contributed by atoms with E-state index in [-0.39, 0.29) is 0 Å². The van der Waals surface area contributed by atoms with Crippen LogP contribution >= 0.6 is 0 Å². The van der Waals surface area contributed by atoms with Crippen molar-refractivity contribution in [3.05, 3.63) is 35.4 Å². The van der Waals surface area contributed by atoms with Crippen LogP contribution in [0.4, 0.5) is 0 Å². The van der Waals surface area contributed by atoms with Gasteiger partial charge in [0, 0.05) is 0 Å². The minimum Gasteiger partial charge on any atom is -0.438 e. The number of rotatable bonds is 1. The van der Waals surface area contributed by atoms with Crippen molar-refractivity contribution < 1.29 is 9.31 Å². The SMILES string of the molecule is Cc1ccc(C2=[N+](C)CCO2)cc1. The third-order valence-electron chi connectivity index (χ3n) is 2.31. The lowest BCUT2D eigenvalue weighted by Gasteiger charge is -1.97. The Morgan fingerprint density at radius 3 is 2.46 bits per heavy atom. The van der Waals surface area contributed by atoms with Crippen molar-refractivity contribution in [2.45, 2.75) is 6.92 Å². The number of likely N-dealkylation sites (N-methyl/N-ethyl adjacent to an activating group) is 1. The molecule has 0 aliphatic carbocycles. The van der Waals surface area contributed by atoms with Crippen molar-refractivity contribution in [3.63, 3.8) is 0 Å². The molecule has 0 saturated carbocycles. The lowest BCUT2D eigenvalue weighted by Crippen LogP contribution is -2.11. The predicted octanol–water partition coefficient (Wildman–Crippen LogP) is 1.41. The van der Waals surface area contributed by atoms with E-state index < -0.39 is 0 Å². The van der Waals surface area contributed by atoms with Crippen LogP contribution < -0.4 is 0 Å². The van der Waals surface area contributed by atoms with Crippen LogP contribution in [0.1, 0.15) is 11.1 Å². The van der Waals surface area contributed by atoms with Crippen molar-refractivity contribution in [2.24, 2.45) is 0 Å². The van der Waals surface area contributed by atoms with E-state index >= 15 is 0 Å². The van der Waals surface area contributed by atoms with Crippen molar-refractivity contribution in [1.82, 2.24) is 0 Å². The maximum absolute atomic E-state index is 5.53. The van der Waals surface area contributed by atoms with E-state index in [0.717, 1.165) is 19.0 Å². The summed E-state index contributed by atoms with van der Waals surface area (Å²) in [5.74, 6) is 1.00. The van der Waals surface area contributed by atoms with Gasteiger partial charge in [0.2, 0.25) is 0 Å². The topological polar surface area (TPSA) is 12.2 Å². The molecule has 0 spiro atoms. The first kappa shape index (κ1) is 8.30. The summed E-state index contributed by atoms with van der Waals surface area (Å²) < 4.78 is 7.68. The van der Waals surface area contributed by atoms with Gasteiger partial charge in [0.15, 0.2) is 13.2 Å². The largest absolute Gasteiger partial charge is 0.438 e. The van der Waals surface area contributed by atoms with E-state index in [1.165, 1.54) is 11.1 Å². The molecule has 0 unspecified atom stereocenters. The highest BCUT2D eigenvalue weighted by molar-refractivity contribution is 5.90. The number of hydrogen-bond donors (Lipinski definition) is 0. The van der Waals surface area contributed by atoms with Crippen LogP contribution in [0.3, 0.4) is 0 Å². The van der Waals surface area contributed by atoms with Crippen molar-refractivity contribution in [1.29, 1.82) is 0 Å². The molecule has 1 aromatic rings. The van der Waals surface area contributed by atoms with E-state index in [2.05, 4.69) is 42.8 Å². The Kier molecular flexibility index (Phi) is 2.05. The van der Waals surface area contributed by atoms with Crippen LogP contribution in [-0.2, 0) is 4.74 Å². The number of hydrogen-bond acceptors (Lipinski definition) is 1. The Morgan fingerprint density at radius 2 is 1.92 bits per heavy atom. The van der Waals surface area contributed by atoms with Gasteiger partial charge in [0.05, 0.1) is 5.56 Å². The van der Waals surface area contributed by atoms with Gasteiger partial charge >= 0.3 is 5.90 Å². The van der Waals surface area contributed by atoms with Gasteiger partial charge in [-0.3, -0.25) is 0 Å². The first-order valence-corrected chi connectivity index (χ1v) is 4.55. The Hall–Kier alpha value is -1.31. The molecule has 13 heavy (non-hydrogen) atoms. The second-order valence-corrected chi connectivity index (χ2v) is 3.44. The summed E-state index contributed by atoms with van der Waals surface area (Å²) in [7, 11) is 2.06. The van der Waals surface area contributed by atoms with Crippen LogP contribution in [0, 0.1) is 6.92 Å². The van der Waals surface area contributed by atoms with Crippen LogP contribution in [0.2, 0.25) is 0 Å². The van der Waals surface area contributed by atoms with E-state index in [9.17, 15) is 0 Å². The predicted molar refractivity (Wildman–Crippen MR) is 52.3 cm³/mol. The smallest absolute Gasteiger partial charge is 0.369 e. The molecule has 2 heteroatoms. The van der Waals surface area contributed by atoms with Gasteiger partial charge in [-0.1, -0.05) is 17.7 Å². The number of ether oxygens (including phenoxy) is 1. The van der Waals surface area contributed by atoms with Crippen LogP contribution in [0.25, 0.3) is 0 Å². The highest BCUT2D eigenvalue weighted by Crippen LogP contribution is 2.08. The third kappa shape index (κ3) is 1.57. The molecule has 1 aliphatic rings. The summed E-state index contributed by atoms with van der Waals surface area (Å²) in [6, 6.07) is 8.43. The van der Waals surface area contributed by atoms with Crippen LogP contribution in [0.15, 0.2) is 24.3 Å². The molecule has 0 radical (unpaired) electrons. The van der Waals surface area contributed by atoms with E-state index in [1.807, 2.05) is 0 Å². The fraction of sp³-hybridized carbons (Fsp3) is 0.364. The van der Waals surface area contributed by atoms with Gasteiger partial charge in [-0.25, -0.2) is 0 Å². The lowest BCUT2D eigenvalue weighted by atomic mass is 10.1. The summed E-state index contributed by atoms with van der Waals surface area (Å²) in [5, 5.41) is 0. The van der Waals surface area contributed by atoms with Gasteiger partial charge in [0.25, 0.3) is 0 Å². The maximum Gasteiger partial charge on any atom is 0.369 e. The molecule has 0 saturated heterocycles. The Morgan fingerprint density at radius 1 is 1.23 bits per heavy atom. The molecule has 1 aliphatic heterocycles. The van der Waals surface area contributed by atoms with Gasteiger partial charge in [-0.2, -0.15) is 4.58 Å². The summed E-state index contributed by atoms with van der Waals surface area (Å²) >= 11 is 0. The van der Waals surface area contributed by atoms with E-state index in [0.29, 0.717) is 0 Å². The number of aryl methyl sites for hydroxylation is 1. The zero-order valence-electron chi connectivity index (χ0n) is 8.08. The number of benzene rings is 1. The molecule has 2 rings (SSSR count). The monoisotopic (exact) mass is 176 g/mol. The molecule has 0 bridgehead atoms. The average molecular weight is 176 g/mol. The molecule has 1 heterocycles. The Labute approximate surface area is 78.5 Å². The zero-order valence-corrected chi connectivity index (χ0v) is 8.08. The summed E-state index contributed by atoms with van der Waals surface area (Å²) in [6.45, 7) is 3.89. The van der Waals surface area contributed by atoms with E-state index in [1.54, 1.807) is 0 Å². The standard InChI is InChI=1S/C11H14NO/c1-9-3-5-10(6-4-9)11-12(2)7-8-13-11/h3-6H,7-8H2,1-2H3/q+1. The summed E-state index contributed by atoms with van der Waals surface area (Å²) in [6.07, 6.45) is 0. The second kappa shape index (κ2) is 3.21. The Balaban J connectivity index is 2.36. The summed E-state index contributed by atoms with van der Waals surface area (Å²) in [4.78, 5) is 0. The minimum absolute atomic E-state index is 0.805. The van der Waals surface area contributed by atoms with Crippen LogP contribution in [-0.4, -0.2) is 30.7 Å². The van der Waals surface area contributed by atoms with Gasteiger partial charge in [-0.15, -0.1) is 0 Å². The van der Waals surface area contributed by atoms with Crippen LogP contribution in [0.5, 0.6) is 0 Å². The molecule has 1 aromatic carbocycles. The minimum atomic E-state index is 0.805. The quantitative estimate of drug-likeness (QED) is 0.589. The number of nitrogens with zero attached hydrogens (tertiary/aromatic N) is 1. The molecule has 2 nitrogen and oxygen atoms in total. The van der Waals surface area contributed by atoms with E-state index in [4.69, 9.17) is 4.74 Å². The van der Waals surface area contributed by atoms with Gasteiger partial charge in [0.1, 0.15) is 7.05 Å². The first-order chi connectivity index (χ1) is 6.27. The fourth-order valence-corrected chi connectivity index (χ4v) is 1.49. The van der Waals surface area contributed by atoms with Crippen molar-refractivity contribution >= 4 is 5.90 Å². The fourth-order valence-electron chi connectivity index (χ4n) is 1.49. The van der Waals surface area contributed by atoms with Gasteiger partial charge < -0.3 is 4.74 Å². The van der Waals surface area contributed by atoms with Crippen molar-refractivity contribution in [3.8, 4) is 0 Å². The zero-order chi connectivity index (χ0) is 9.26. The molecule has 0 fully saturated rings. The second-order valence-electron chi connectivity index (χ2n) is 3.44. The normalized spacial score (nSPS) is 16.2.